The molecule has 0 bridgehead atoms. The number of hydrogen-bond donors (Lipinski definition) is 1. The van der Waals surface area contributed by atoms with Gasteiger partial charge in [0.05, 0.1) is 13.2 Å². The predicted octanol–water partition coefficient (Wildman–Crippen LogP) is 2.56. The second-order valence-corrected chi connectivity index (χ2v) is 5.54. The van der Waals surface area contributed by atoms with E-state index in [4.69, 9.17) is 4.74 Å². The maximum Gasteiger partial charge on any atom is 0.241 e. The minimum Gasteiger partial charge on any atom is -0.496 e. The van der Waals surface area contributed by atoms with E-state index in [0.717, 1.165) is 24.3 Å². The Labute approximate surface area is 121 Å². The van der Waals surface area contributed by atoms with Gasteiger partial charge in [0.2, 0.25) is 5.91 Å². The minimum atomic E-state index is -0.144. The van der Waals surface area contributed by atoms with Gasteiger partial charge in [0.25, 0.3) is 0 Å². The molecule has 1 N–H and O–H groups in total. The molecule has 1 aliphatic rings. The van der Waals surface area contributed by atoms with E-state index in [0.29, 0.717) is 5.92 Å². The second kappa shape index (κ2) is 6.27. The van der Waals surface area contributed by atoms with Crippen molar-refractivity contribution >= 4 is 5.91 Å². The van der Waals surface area contributed by atoms with Crippen LogP contribution in [0.2, 0.25) is 0 Å². The van der Waals surface area contributed by atoms with Gasteiger partial charge in [0.1, 0.15) is 11.9 Å². The number of rotatable bonds is 5. The summed E-state index contributed by atoms with van der Waals surface area (Å²) in [5.74, 6) is 1.48. The molecular formula is C16H24N2O2. The van der Waals surface area contributed by atoms with Crippen molar-refractivity contribution < 1.29 is 9.53 Å². The van der Waals surface area contributed by atoms with Crippen LogP contribution in [0.4, 0.5) is 0 Å². The van der Waals surface area contributed by atoms with Crippen LogP contribution < -0.4 is 10.1 Å². The highest BCUT2D eigenvalue weighted by atomic mass is 16.5. The van der Waals surface area contributed by atoms with Crippen molar-refractivity contribution in [1.29, 1.82) is 0 Å². The minimum absolute atomic E-state index is 0.0948. The molecule has 1 aromatic rings. The van der Waals surface area contributed by atoms with Crippen molar-refractivity contribution in [2.45, 2.75) is 39.4 Å². The molecule has 4 nitrogen and oxygen atoms in total. The van der Waals surface area contributed by atoms with Crippen LogP contribution in [0.15, 0.2) is 24.3 Å². The van der Waals surface area contributed by atoms with Crippen molar-refractivity contribution in [3.05, 3.63) is 29.8 Å². The lowest BCUT2D eigenvalue weighted by molar-refractivity contribution is -0.130. The van der Waals surface area contributed by atoms with Crippen LogP contribution >= 0.6 is 0 Å². The lowest BCUT2D eigenvalue weighted by Gasteiger charge is -2.28. The number of nitrogens with one attached hydrogen (secondary N) is 1. The third-order valence-electron chi connectivity index (χ3n) is 4.01. The highest BCUT2D eigenvalue weighted by Gasteiger charge is 2.38. The molecule has 20 heavy (non-hydrogen) atoms. The van der Waals surface area contributed by atoms with E-state index in [1.54, 1.807) is 7.11 Å². The normalized spacial score (nSPS) is 24.0. The topological polar surface area (TPSA) is 41.6 Å². The summed E-state index contributed by atoms with van der Waals surface area (Å²) < 4.78 is 5.43. The highest BCUT2D eigenvalue weighted by molar-refractivity contribution is 5.84. The van der Waals surface area contributed by atoms with Gasteiger partial charge in [0, 0.05) is 12.1 Å². The number of ether oxygens (including phenoxy) is 1. The van der Waals surface area contributed by atoms with Gasteiger partial charge in [-0.3, -0.25) is 10.1 Å². The number of carbonyl (C=O) groups is 1. The molecule has 3 unspecified atom stereocenters. The average molecular weight is 276 g/mol. The van der Waals surface area contributed by atoms with Crippen LogP contribution in [0.5, 0.6) is 5.75 Å². The molecule has 1 amide bonds. The summed E-state index contributed by atoms with van der Waals surface area (Å²) in [5, 5.41) is 3.37. The second-order valence-electron chi connectivity index (χ2n) is 5.54. The van der Waals surface area contributed by atoms with Gasteiger partial charge in [-0.15, -0.1) is 0 Å². The Morgan fingerprint density at radius 1 is 1.40 bits per heavy atom. The van der Waals surface area contributed by atoms with E-state index in [1.165, 1.54) is 0 Å². The fraction of sp³-hybridized carbons (Fsp3) is 0.562. The smallest absolute Gasteiger partial charge is 0.241 e. The van der Waals surface area contributed by atoms with E-state index in [2.05, 4.69) is 19.2 Å². The molecule has 0 aliphatic carbocycles. The Bertz CT molecular complexity index is 475. The molecule has 0 aromatic heterocycles. The van der Waals surface area contributed by atoms with Gasteiger partial charge in [-0.2, -0.15) is 0 Å². The summed E-state index contributed by atoms with van der Waals surface area (Å²) in [7, 11) is 1.66. The summed E-state index contributed by atoms with van der Waals surface area (Å²) in [6.07, 6.45) is 0.972. The van der Waals surface area contributed by atoms with E-state index in [1.807, 2.05) is 36.1 Å². The number of nitrogens with zero attached hydrogens (tertiary/aromatic N) is 1. The molecule has 110 valence electrons. The Morgan fingerprint density at radius 2 is 2.10 bits per heavy atom. The molecule has 1 fully saturated rings. The Kier molecular flexibility index (Phi) is 4.65. The van der Waals surface area contributed by atoms with Gasteiger partial charge in [-0.05, 0) is 18.9 Å². The predicted molar refractivity (Wildman–Crippen MR) is 79.5 cm³/mol. The van der Waals surface area contributed by atoms with Crippen LogP contribution in [-0.4, -0.2) is 30.5 Å². The lowest BCUT2D eigenvalue weighted by Crippen LogP contribution is -2.34. The van der Waals surface area contributed by atoms with Crippen LogP contribution in [0.25, 0.3) is 0 Å². The first-order chi connectivity index (χ1) is 9.58. The largest absolute Gasteiger partial charge is 0.496 e. The van der Waals surface area contributed by atoms with Gasteiger partial charge < -0.3 is 9.64 Å². The third-order valence-corrected chi connectivity index (χ3v) is 4.01. The summed E-state index contributed by atoms with van der Waals surface area (Å²) in [6.45, 7) is 7.02. The maximum absolute atomic E-state index is 12.4. The number of para-hydroxylation sites is 1. The first-order valence-electron chi connectivity index (χ1n) is 7.27. The van der Waals surface area contributed by atoms with E-state index >= 15 is 0 Å². The molecule has 0 radical (unpaired) electrons. The van der Waals surface area contributed by atoms with Crippen molar-refractivity contribution in [2.24, 2.45) is 5.92 Å². The number of benzene rings is 1. The zero-order chi connectivity index (χ0) is 14.7. The quantitative estimate of drug-likeness (QED) is 0.898. The maximum atomic E-state index is 12.4. The van der Waals surface area contributed by atoms with Gasteiger partial charge >= 0.3 is 0 Å². The fourth-order valence-electron chi connectivity index (χ4n) is 2.58. The molecule has 1 aromatic carbocycles. The molecule has 0 saturated carbocycles. The van der Waals surface area contributed by atoms with Gasteiger partial charge in [0.15, 0.2) is 0 Å². The van der Waals surface area contributed by atoms with Crippen LogP contribution in [0.3, 0.4) is 0 Å². The number of amides is 1. The molecule has 0 spiro atoms. The SMILES string of the molecule is CCC(C)CN1C(=O)C(C)NC1c1ccccc1OC. The summed E-state index contributed by atoms with van der Waals surface area (Å²) in [5.41, 5.74) is 1.02. The summed E-state index contributed by atoms with van der Waals surface area (Å²) in [6, 6.07) is 7.74. The van der Waals surface area contributed by atoms with Crippen molar-refractivity contribution in [3.8, 4) is 5.75 Å². The van der Waals surface area contributed by atoms with Gasteiger partial charge in [-0.25, -0.2) is 0 Å². The number of methoxy groups -OCH3 is 1. The first kappa shape index (κ1) is 14.9. The fourth-order valence-corrected chi connectivity index (χ4v) is 2.58. The van der Waals surface area contributed by atoms with Gasteiger partial charge in [-0.1, -0.05) is 38.5 Å². The lowest BCUT2D eigenvalue weighted by atomic mass is 10.1. The highest BCUT2D eigenvalue weighted by Crippen LogP contribution is 2.32. The van der Waals surface area contributed by atoms with Crippen molar-refractivity contribution in [1.82, 2.24) is 10.2 Å². The molecular weight excluding hydrogens is 252 g/mol. The molecule has 2 rings (SSSR count). The molecule has 1 saturated heterocycles. The van der Waals surface area contributed by atoms with Crippen LogP contribution in [-0.2, 0) is 4.79 Å². The zero-order valence-electron chi connectivity index (χ0n) is 12.7. The number of hydrogen-bond acceptors (Lipinski definition) is 3. The summed E-state index contributed by atoms with van der Waals surface area (Å²) >= 11 is 0. The van der Waals surface area contributed by atoms with Crippen molar-refractivity contribution in [3.63, 3.8) is 0 Å². The molecule has 4 heteroatoms. The third kappa shape index (κ3) is 2.80. The standard InChI is InChI=1S/C16H24N2O2/c1-5-11(2)10-18-15(17-12(3)16(18)19)13-8-6-7-9-14(13)20-4/h6-9,11-12,15,17H,5,10H2,1-4H3. The molecule has 1 aliphatic heterocycles. The zero-order valence-corrected chi connectivity index (χ0v) is 12.7. The molecule has 3 atom stereocenters. The van der Waals surface area contributed by atoms with Crippen LogP contribution in [0, 0.1) is 5.92 Å². The Balaban J connectivity index is 2.30. The number of carbonyl (C=O) groups excluding carboxylic acids is 1. The molecule has 1 heterocycles. The van der Waals surface area contributed by atoms with E-state index in [-0.39, 0.29) is 18.1 Å². The first-order valence-corrected chi connectivity index (χ1v) is 7.27. The monoisotopic (exact) mass is 276 g/mol. The van der Waals surface area contributed by atoms with E-state index < -0.39 is 0 Å². The van der Waals surface area contributed by atoms with E-state index in [9.17, 15) is 4.79 Å². The Hall–Kier alpha value is -1.55. The van der Waals surface area contributed by atoms with Crippen LogP contribution in [0.1, 0.15) is 38.9 Å². The van der Waals surface area contributed by atoms with Crippen molar-refractivity contribution in [2.75, 3.05) is 13.7 Å². The average Bonchev–Trinajstić information content (AvgIpc) is 2.75. The Morgan fingerprint density at radius 3 is 2.75 bits per heavy atom. The summed E-state index contributed by atoms with van der Waals surface area (Å²) in [4.78, 5) is 14.3.